The molecule has 0 aliphatic carbocycles. The number of methoxy groups -OCH3 is 1. The molecule has 0 aliphatic rings. The van der Waals surface area contributed by atoms with Gasteiger partial charge in [0.2, 0.25) is 5.91 Å². The number of hydrogen-bond acceptors (Lipinski definition) is 4. The summed E-state index contributed by atoms with van der Waals surface area (Å²) in [5.74, 6) is 0.0103. The van der Waals surface area contributed by atoms with Gasteiger partial charge in [-0.05, 0) is 30.3 Å². The quantitative estimate of drug-likeness (QED) is 0.792. The Morgan fingerprint density at radius 2 is 1.91 bits per heavy atom. The van der Waals surface area contributed by atoms with Crippen molar-refractivity contribution >= 4 is 28.8 Å². The van der Waals surface area contributed by atoms with Crippen molar-refractivity contribution in [3.63, 3.8) is 0 Å². The van der Waals surface area contributed by atoms with Crippen molar-refractivity contribution in [1.82, 2.24) is 10.2 Å². The summed E-state index contributed by atoms with van der Waals surface area (Å²) < 4.78 is 5.85. The average Bonchev–Trinajstić information content (AvgIpc) is 2.91. The Balaban J connectivity index is 1.73. The van der Waals surface area contributed by atoms with Gasteiger partial charge >= 0.3 is 0 Å². The van der Waals surface area contributed by atoms with Gasteiger partial charge in [-0.1, -0.05) is 35.9 Å². The van der Waals surface area contributed by atoms with Gasteiger partial charge in [0.25, 0.3) is 0 Å². The van der Waals surface area contributed by atoms with E-state index in [2.05, 4.69) is 5.32 Å². The second-order valence-corrected chi connectivity index (χ2v) is 7.20. The summed E-state index contributed by atoms with van der Waals surface area (Å²) in [5.41, 5.74) is 2.20. The normalized spacial score (nSPS) is 11.0. The zero-order valence-corrected chi connectivity index (χ0v) is 14.9. The van der Waals surface area contributed by atoms with Gasteiger partial charge in [0.05, 0.1) is 17.5 Å². The minimum absolute atomic E-state index is 0.0103. The molecule has 1 N–H and O–H groups in total. The Morgan fingerprint density at radius 1 is 1.22 bits per heavy atom. The maximum absolute atomic E-state index is 12.0. The standard InChI is InChI=1S/C17H21ClN2O2S/c1-20(10-15-7-8-16(18)23-15)11-17(21)19-9-13-3-5-14(6-4-13)12-22-2/h3-8H,9-12H2,1-2H3,(H,19,21). The fourth-order valence-corrected chi connectivity index (χ4v) is 3.35. The third kappa shape index (κ3) is 6.31. The molecule has 2 aromatic rings. The molecule has 0 saturated carbocycles. The first-order valence-electron chi connectivity index (χ1n) is 7.33. The van der Waals surface area contributed by atoms with Gasteiger partial charge in [-0.25, -0.2) is 0 Å². The molecule has 0 aliphatic heterocycles. The summed E-state index contributed by atoms with van der Waals surface area (Å²) in [4.78, 5) is 15.1. The number of benzene rings is 1. The zero-order chi connectivity index (χ0) is 16.7. The average molecular weight is 353 g/mol. The first-order valence-corrected chi connectivity index (χ1v) is 8.52. The number of carbonyl (C=O) groups is 1. The summed E-state index contributed by atoms with van der Waals surface area (Å²) in [6.45, 7) is 2.21. The molecule has 1 aromatic carbocycles. The van der Waals surface area contributed by atoms with E-state index in [4.69, 9.17) is 16.3 Å². The Bertz CT molecular complexity index is 628. The number of thiophene rings is 1. The third-order valence-electron chi connectivity index (χ3n) is 3.29. The number of hydrogen-bond donors (Lipinski definition) is 1. The van der Waals surface area contributed by atoms with E-state index in [1.807, 2.05) is 48.3 Å². The monoisotopic (exact) mass is 352 g/mol. The highest BCUT2D eigenvalue weighted by atomic mass is 35.5. The molecule has 1 aromatic heterocycles. The molecule has 6 heteroatoms. The summed E-state index contributed by atoms with van der Waals surface area (Å²) in [7, 11) is 3.60. The van der Waals surface area contributed by atoms with Gasteiger partial charge < -0.3 is 10.1 Å². The Hall–Kier alpha value is -1.40. The van der Waals surface area contributed by atoms with Crippen LogP contribution in [0.5, 0.6) is 0 Å². The highest BCUT2D eigenvalue weighted by Gasteiger charge is 2.08. The fourth-order valence-electron chi connectivity index (χ4n) is 2.18. The van der Waals surface area contributed by atoms with Crippen LogP contribution in [0.1, 0.15) is 16.0 Å². The number of rotatable bonds is 8. The van der Waals surface area contributed by atoms with Gasteiger partial charge in [0.15, 0.2) is 0 Å². The number of likely N-dealkylation sites (N-methyl/N-ethyl adjacent to an activating group) is 1. The molecule has 1 amide bonds. The molecular formula is C17H21ClN2O2S. The Kier molecular flexibility index (Phi) is 7.05. The molecule has 4 nitrogen and oxygen atoms in total. The smallest absolute Gasteiger partial charge is 0.234 e. The number of ether oxygens (including phenoxy) is 1. The number of halogens is 1. The highest BCUT2D eigenvalue weighted by Crippen LogP contribution is 2.22. The van der Waals surface area contributed by atoms with Crippen LogP contribution in [-0.4, -0.2) is 31.5 Å². The van der Waals surface area contributed by atoms with Crippen LogP contribution >= 0.6 is 22.9 Å². The van der Waals surface area contributed by atoms with Crippen molar-refractivity contribution < 1.29 is 9.53 Å². The molecule has 0 saturated heterocycles. The van der Waals surface area contributed by atoms with E-state index in [-0.39, 0.29) is 5.91 Å². The Labute approximate surface area is 146 Å². The van der Waals surface area contributed by atoms with Crippen molar-refractivity contribution in [2.24, 2.45) is 0 Å². The first kappa shape index (κ1) is 17.9. The molecule has 0 fully saturated rings. The molecule has 124 valence electrons. The van der Waals surface area contributed by atoms with E-state index in [0.717, 1.165) is 26.9 Å². The van der Waals surface area contributed by atoms with Crippen molar-refractivity contribution in [3.8, 4) is 0 Å². The van der Waals surface area contributed by atoms with Crippen LogP contribution in [0.2, 0.25) is 4.34 Å². The number of carbonyl (C=O) groups excluding carboxylic acids is 1. The predicted molar refractivity (Wildman–Crippen MR) is 94.7 cm³/mol. The molecule has 0 atom stereocenters. The van der Waals surface area contributed by atoms with Crippen LogP contribution in [0, 0.1) is 0 Å². The number of nitrogens with zero attached hydrogens (tertiary/aromatic N) is 1. The van der Waals surface area contributed by atoms with Gasteiger partial charge in [-0.3, -0.25) is 9.69 Å². The van der Waals surface area contributed by atoms with E-state index < -0.39 is 0 Å². The van der Waals surface area contributed by atoms with Gasteiger partial charge in [0.1, 0.15) is 0 Å². The highest BCUT2D eigenvalue weighted by molar-refractivity contribution is 7.16. The minimum Gasteiger partial charge on any atom is -0.380 e. The molecule has 2 rings (SSSR count). The van der Waals surface area contributed by atoms with Crippen LogP contribution in [0.4, 0.5) is 0 Å². The predicted octanol–water partition coefficient (Wildman–Crippen LogP) is 3.30. The van der Waals surface area contributed by atoms with Crippen molar-refractivity contribution in [1.29, 1.82) is 0 Å². The maximum atomic E-state index is 12.0. The lowest BCUT2D eigenvalue weighted by atomic mass is 10.1. The van der Waals surface area contributed by atoms with Crippen molar-refractivity contribution in [2.45, 2.75) is 19.7 Å². The SMILES string of the molecule is COCc1ccc(CNC(=O)CN(C)Cc2ccc(Cl)s2)cc1. The molecule has 0 radical (unpaired) electrons. The van der Waals surface area contributed by atoms with Crippen LogP contribution < -0.4 is 5.32 Å². The van der Waals surface area contributed by atoms with E-state index >= 15 is 0 Å². The largest absolute Gasteiger partial charge is 0.380 e. The van der Waals surface area contributed by atoms with Crippen molar-refractivity contribution in [3.05, 3.63) is 56.7 Å². The molecule has 0 bridgehead atoms. The topological polar surface area (TPSA) is 41.6 Å². The molecular weight excluding hydrogens is 332 g/mol. The van der Waals surface area contributed by atoms with E-state index in [9.17, 15) is 4.79 Å². The fraction of sp³-hybridized carbons (Fsp3) is 0.353. The van der Waals surface area contributed by atoms with E-state index in [1.54, 1.807) is 18.4 Å². The zero-order valence-electron chi connectivity index (χ0n) is 13.3. The van der Waals surface area contributed by atoms with Gasteiger partial charge in [0, 0.05) is 25.1 Å². The lowest BCUT2D eigenvalue weighted by Gasteiger charge is -2.15. The minimum atomic E-state index is 0.0103. The number of amides is 1. The van der Waals surface area contributed by atoms with Gasteiger partial charge in [-0.2, -0.15) is 0 Å². The van der Waals surface area contributed by atoms with Gasteiger partial charge in [-0.15, -0.1) is 11.3 Å². The first-order chi connectivity index (χ1) is 11.1. The second kappa shape index (κ2) is 9.03. The number of nitrogens with one attached hydrogen (secondary N) is 1. The summed E-state index contributed by atoms with van der Waals surface area (Å²) in [5, 5.41) is 2.94. The molecule has 1 heterocycles. The lowest BCUT2D eigenvalue weighted by molar-refractivity contribution is -0.122. The van der Waals surface area contributed by atoms with Crippen LogP contribution in [0.3, 0.4) is 0 Å². The Morgan fingerprint density at radius 3 is 2.52 bits per heavy atom. The van der Waals surface area contributed by atoms with E-state index in [1.165, 1.54) is 0 Å². The van der Waals surface area contributed by atoms with Crippen molar-refractivity contribution in [2.75, 3.05) is 20.7 Å². The molecule has 0 unspecified atom stereocenters. The van der Waals surface area contributed by atoms with Crippen LogP contribution in [0.15, 0.2) is 36.4 Å². The van der Waals surface area contributed by atoms with Crippen LogP contribution in [-0.2, 0) is 29.2 Å². The molecule has 0 spiro atoms. The molecule has 23 heavy (non-hydrogen) atoms. The summed E-state index contributed by atoms with van der Waals surface area (Å²) in [6.07, 6.45) is 0. The summed E-state index contributed by atoms with van der Waals surface area (Å²) >= 11 is 7.45. The third-order valence-corrected chi connectivity index (χ3v) is 4.51. The lowest BCUT2D eigenvalue weighted by Crippen LogP contribution is -2.34. The second-order valence-electron chi connectivity index (χ2n) is 5.40. The van der Waals surface area contributed by atoms with Crippen LogP contribution in [0.25, 0.3) is 0 Å². The van der Waals surface area contributed by atoms with E-state index in [0.29, 0.717) is 19.7 Å². The summed E-state index contributed by atoms with van der Waals surface area (Å²) in [6, 6.07) is 11.9. The maximum Gasteiger partial charge on any atom is 0.234 e.